The molecule has 0 aliphatic heterocycles. The van der Waals surface area contributed by atoms with Gasteiger partial charge in [0.2, 0.25) is 0 Å². The molecular formula is C20H22N2O3. The van der Waals surface area contributed by atoms with Crippen LogP contribution in [0.25, 0.3) is 16.6 Å². The van der Waals surface area contributed by atoms with Gasteiger partial charge in [-0.25, -0.2) is 4.98 Å². The monoisotopic (exact) mass is 338 g/mol. The first-order chi connectivity index (χ1) is 11.8. The van der Waals surface area contributed by atoms with Gasteiger partial charge in [-0.15, -0.1) is 0 Å². The molecule has 1 unspecified atom stereocenters. The summed E-state index contributed by atoms with van der Waals surface area (Å²) < 4.78 is 1.61. The summed E-state index contributed by atoms with van der Waals surface area (Å²) in [4.78, 5) is 17.8. The number of aryl methyl sites for hydroxylation is 1. The highest BCUT2D eigenvalue weighted by Crippen LogP contribution is 2.31. The van der Waals surface area contributed by atoms with Crippen LogP contribution in [0.4, 0.5) is 0 Å². The van der Waals surface area contributed by atoms with Crippen molar-refractivity contribution >= 4 is 10.9 Å². The number of nitrogens with zero attached hydrogens (tertiary/aromatic N) is 2. The molecule has 1 atom stereocenters. The van der Waals surface area contributed by atoms with Gasteiger partial charge in [-0.2, -0.15) is 0 Å². The van der Waals surface area contributed by atoms with Crippen molar-refractivity contribution in [3.8, 4) is 11.4 Å². The van der Waals surface area contributed by atoms with Crippen LogP contribution in [0.15, 0.2) is 41.2 Å². The number of aromatic nitrogens is 2. The first-order valence-corrected chi connectivity index (χ1v) is 8.35. The zero-order valence-electron chi connectivity index (χ0n) is 14.8. The summed E-state index contributed by atoms with van der Waals surface area (Å²) in [7, 11) is 0. The number of phenolic OH excluding ortho intramolecular Hbond substituents is 1. The minimum atomic E-state index is -0.925. The molecule has 130 valence electrons. The summed E-state index contributed by atoms with van der Waals surface area (Å²) in [5, 5.41) is 20.5. The van der Waals surface area contributed by atoms with Crippen molar-refractivity contribution in [2.24, 2.45) is 0 Å². The number of benzene rings is 2. The van der Waals surface area contributed by atoms with Crippen LogP contribution in [-0.4, -0.2) is 19.8 Å². The molecule has 3 aromatic rings. The molecule has 5 heteroatoms. The van der Waals surface area contributed by atoms with Gasteiger partial charge in [0.15, 0.2) is 0 Å². The molecule has 25 heavy (non-hydrogen) atoms. The van der Waals surface area contributed by atoms with Crippen molar-refractivity contribution in [1.29, 1.82) is 0 Å². The fourth-order valence-corrected chi connectivity index (χ4v) is 3.02. The van der Waals surface area contributed by atoms with Gasteiger partial charge in [0, 0.05) is 11.5 Å². The Labute approximate surface area is 146 Å². The Balaban J connectivity index is 2.44. The average Bonchev–Trinajstić information content (AvgIpc) is 2.55. The van der Waals surface area contributed by atoms with E-state index < -0.39 is 6.10 Å². The van der Waals surface area contributed by atoms with Crippen LogP contribution >= 0.6 is 0 Å². The highest BCUT2D eigenvalue weighted by atomic mass is 16.3. The second-order valence-corrected chi connectivity index (χ2v) is 6.67. The first kappa shape index (κ1) is 17.2. The summed E-state index contributed by atoms with van der Waals surface area (Å²) in [5.74, 6) is 0.522. The Morgan fingerprint density at radius 2 is 1.68 bits per heavy atom. The highest BCUT2D eigenvalue weighted by molar-refractivity contribution is 5.84. The number of aromatic hydroxyl groups is 1. The smallest absolute Gasteiger partial charge is 0.265 e. The molecule has 1 aromatic heterocycles. The Morgan fingerprint density at radius 1 is 1.04 bits per heavy atom. The van der Waals surface area contributed by atoms with E-state index in [9.17, 15) is 15.0 Å². The SMILES string of the molecule is Cc1ccc(-n2c(C(C)C)nc3c(C(C)O)c(O)ccc3c2=O)cc1. The Bertz CT molecular complexity index is 986. The van der Waals surface area contributed by atoms with E-state index in [0.717, 1.165) is 11.3 Å². The number of fused-ring (bicyclic) bond motifs is 1. The van der Waals surface area contributed by atoms with Gasteiger partial charge < -0.3 is 10.2 Å². The molecule has 5 nitrogen and oxygen atoms in total. The van der Waals surface area contributed by atoms with Gasteiger partial charge in [-0.05, 0) is 38.1 Å². The Hall–Kier alpha value is -2.66. The molecule has 2 aromatic carbocycles. The lowest BCUT2D eigenvalue weighted by Crippen LogP contribution is -2.25. The highest BCUT2D eigenvalue weighted by Gasteiger charge is 2.20. The van der Waals surface area contributed by atoms with Crippen molar-refractivity contribution in [1.82, 2.24) is 9.55 Å². The van der Waals surface area contributed by atoms with Gasteiger partial charge in [0.25, 0.3) is 5.56 Å². The number of phenols is 1. The van der Waals surface area contributed by atoms with E-state index in [1.807, 2.05) is 45.0 Å². The topological polar surface area (TPSA) is 75.3 Å². The fraction of sp³-hybridized carbons (Fsp3) is 0.300. The molecule has 0 radical (unpaired) electrons. The lowest BCUT2D eigenvalue weighted by molar-refractivity contribution is 0.196. The van der Waals surface area contributed by atoms with Gasteiger partial charge in [-0.1, -0.05) is 31.5 Å². The molecule has 0 amide bonds. The van der Waals surface area contributed by atoms with E-state index in [1.54, 1.807) is 17.6 Å². The Kier molecular flexibility index (Phi) is 4.35. The first-order valence-electron chi connectivity index (χ1n) is 8.35. The summed E-state index contributed by atoms with van der Waals surface area (Å²) in [6, 6.07) is 10.7. The maximum absolute atomic E-state index is 13.2. The molecular weight excluding hydrogens is 316 g/mol. The van der Waals surface area contributed by atoms with Gasteiger partial charge in [-0.3, -0.25) is 9.36 Å². The third-order valence-corrected chi connectivity index (χ3v) is 4.31. The van der Waals surface area contributed by atoms with Crippen LogP contribution < -0.4 is 5.56 Å². The lowest BCUT2D eigenvalue weighted by atomic mass is 10.0. The van der Waals surface area contributed by atoms with Crippen LogP contribution in [0.5, 0.6) is 5.75 Å². The number of hydrogen-bond acceptors (Lipinski definition) is 4. The van der Waals surface area contributed by atoms with Crippen LogP contribution in [0.2, 0.25) is 0 Å². The van der Waals surface area contributed by atoms with Gasteiger partial charge >= 0.3 is 0 Å². The summed E-state index contributed by atoms with van der Waals surface area (Å²) in [6.07, 6.45) is -0.925. The van der Waals surface area contributed by atoms with E-state index in [2.05, 4.69) is 4.98 Å². The predicted octanol–water partition coefficient (Wildman–Crippen LogP) is 3.58. The molecule has 0 spiro atoms. The van der Waals surface area contributed by atoms with E-state index in [0.29, 0.717) is 16.7 Å². The van der Waals surface area contributed by atoms with Gasteiger partial charge in [0.1, 0.15) is 11.6 Å². The molecule has 0 bridgehead atoms. The number of hydrogen-bond donors (Lipinski definition) is 2. The molecule has 2 N–H and O–H groups in total. The maximum Gasteiger partial charge on any atom is 0.265 e. The zero-order valence-corrected chi connectivity index (χ0v) is 14.8. The molecule has 0 saturated heterocycles. The van der Waals surface area contributed by atoms with E-state index in [-0.39, 0.29) is 22.8 Å². The van der Waals surface area contributed by atoms with Crippen molar-refractivity contribution in [3.63, 3.8) is 0 Å². The quantitative estimate of drug-likeness (QED) is 0.765. The third-order valence-electron chi connectivity index (χ3n) is 4.31. The molecule has 0 aliphatic carbocycles. The van der Waals surface area contributed by atoms with Gasteiger partial charge in [0.05, 0.1) is 22.7 Å². The van der Waals surface area contributed by atoms with Crippen LogP contribution in [0.3, 0.4) is 0 Å². The second-order valence-electron chi connectivity index (χ2n) is 6.67. The molecule has 1 heterocycles. The van der Waals surface area contributed by atoms with E-state index in [4.69, 9.17) is 0 Å². The minimum absolute atomic E-state index is 0.0115. The van der Waals surface area contributed by atoms with E-state index in [1.165, 1.54) is 6.07 Å². The average molecular weight is 338 g/mol. The summed E-state index contributed by atoms with van der Waals surface area (Å²) in [6.45, 7) is 7.47. The molecule has 3 rings (SSSR count). The fourth-order valence-electron chi connectivity index (χ4n) is 3.02. The van der Waals surface area contributed by atoms with Crippen molar-refractivity contribution in [2.75, 3.05) is 0 Å². The zero-order chi connectivity index (χ0) is 18.3. The standard InChI is InChI=1S/C20H22N2O3/c1-11(2)19-21-18-15(9-10-16(24)17(18)13(4)23)20(25)22(19)14-7-5-12(3)6-8-14/h5-11,13,23-24H,1-4H3. The number of aliphatic hydroxyl groups is 1. The van der Waals surface area contributed by atoms with E-state index >= 15 is 0 Å². The second kappa shape index (κ2) is 6.33. The molecule has 0 saturated carbocycles. The third kappa shape index (κ3) is 2.91. The minimum Gasteiger partial charge on any atom is -0.507 e. The molecule has 0 aliphatic rings. The number of aliphatic hydroxyl groups excluding tert-OH is 1. The lowest BCUT2D eigenvalue weighted by Gasteiger charge is -2.18. The van der Waals surface area contributed by atoms with Crippen molar-refractivity contribution in [3.05, 3.63) is 63.7 Å². The van der Waals surface area contributed by atoms with Crippen LogP contribution in [0, 0.1) is 6.92 Å². The normalized spacial score (nSPS) is 12.7. The largest absolute Gasteiger partial charge is 0.507 e. The predicted molar refractivity (Wildman–Crippen MR) is 98.5 cm³/mol. The molecule has 0 fully saturated rings. The van der Waals surface area contributed by atoms with Crippen LogP contribution in [0.1, 0.15) is 49.7 Å². The number of rotatable bonds is 3. The van der Waals surface area contributed by atoms with Crippen molar-refractivity contribution in [2.45, 2.75) is 39.7 Å². The maximum atomic E-state index is 13.2. The summed E-state index contributed by atoms with van der Waals surface area (Å²) in [5.41, 5.74) is 2.29. The Morgan fingerprint density at radius 3 is 2.24 bits per heavy atom. The van der Waals surface area contributed by atoms with Crippen LogP contribution in [-0.2, 0) is 0 Å². The van der Waals surface area contributed by atoms with Crippen molar-refractivity contribution < 1.29 is 10.2 Å². The summed E-state index contributed by atoms with van der Waals surface area (Å²) >= 11 is 0.